The van der Waals surface area contributed by atoms with Crippen molar-refractivity contribution in [2.24, 2.45) is 10.8 Å². The number of amides is 1. The standard InChI is InChI=1S/C15H26N2O3/c1-14(7-9-16-10-8-14)12(18)17-11-15(13(19)20)5-3-2-4-6-15/h16H,2-11H2,1H3,(H,17,18)(H,19,20). The number of aliphatic carboxylic acids is 1. The van der Waals surface area contributed by atoms with E-state index in [9.17, 15) is 14.7 Å². The van der Waals surface area contributed by atoms with Crippen molar-refractivity contribution in [1.82, 2.24) is 10.6 Å². The van der Waals surface area contributed by atoms with Gasteiger partial charge in [-0.15, -0.1) is 0 Å². The van der Waals surface area contributed by atoms with Crippen LogP contribution in [0.25, 0.3) is 0 Å². The summed E-state index contributed by atoms with van der Waals surface area (Å²) in [6.45, 7) is 3.98. The van der Waals surface area contributed by atoms with Crippen LogP contribution in [0.4, 0.5) is 0 Å². The monoisotopic (exact) mass is 282 g/mol. The number of carbonyl (C=O) groups excluding carboxylic acids is 1. The average Bonchev–Trinajstić information content (AvgIpc) is 2.46. The molecule has 114 valence electrons. The van der Waals surface area contributed by atoms with Crippen LogP contribution >= 0.6 is 0 Å². The van der Waals surface area contributed by atoms with E-state index in [0.29, 0.717) is 12.8 Å². The van der Waals surface area contributed by atoms with E-state index in [1.165, 1.54) is 0 Å². The average molecular weight is 282 g/mol. The van der Waals surface area contributed by atoms with E-state index in [1.54, 1.807) is 0 Å². The molecule has 0 spiro atoms. The van der Waals surface area contributed by atoms with Crippen molar-refractivity contribution in [3.63, 3.8) is 0 Å². The zero-order valence-corrected chi connectivity index (χ0v) is 12.3. The Morgan fingerprint density at radius 2 is 1.70 bits per heavy atom. The van der Waals surface area contributed by atoms with Crippen molar-refractivity contribution in [2.75, 3.05) is 19.6 Å². The summed E-state index contributed by atoms with van der Waals surface area (Å²) in [6.07, 6.45) is 6.00. The molecule has 2 rings (SSSR count). The minimum Gasteiger partial charge on any atom is -0.481 e. The molecule has 1 aliphatic carbocycles. The second-order valence-corrected chi connectivity index (χ2v) is 6.64. The Kier molecular flexibility index (Phi) is 4.68. The van der Waals surface area contributed by atoms with E-state index in [0.717, 1.165) is 45.2 Å². The Bertz CT molecular complexity index is 369. The van der Waals surface area contributed by atoms with Gasteiger partial charge in [-0.1, -0.05) is 26.2 Å². The molecule has 1 saturated heterocycles. The van der Waals surface area contributed by atoms with Gasteiger partial charge in [0.05, 0.1) is 5.41 Å². The maximum Gasteiger partial charge on any atom is 0.311 e. The maximum atomic E-state index is 12.4. The van der Waals surface area contributed by atoms with Crippen molar-refractivity contribution in [3.8, 4) is 0 Å². The van der Waals surface area contributed by atoms with E-state index in [-0.39, 0.29) is 17.9 Å². The van der Waals surface area contributed by atoms with Crippen LogP contribution in [-0.2, 0) is 9.59 Å². The molecule has 1 aliphatic heterocycles. The molecule has 0 aromatic rings. The molecule has 1 amide bonds. The summed E-state index contributed by atoms with van der Waals surface area (Å²) in [6, 6.07) is 0. The highest BCUT2D eigenvalue weighted by Crippen LogP contribution is 2.36. The number of nitrogens with one attached hydrogen (secondary N) is 2. The maximum absolute atomic E-state index is 12.4. The molecule has 1 heterocycles. The van der Waals surface area contributed by atoms with Crippen molar-refractivity contribution in [3.05, 3.63) is 0 Å². The quantitative estimate of drug-likeness (QED) is 0.730. The third kappa shape index (κ3) is 3.14. The number of piperidine rings is 1. The summed E-state index contributed by atoms with van der Waals surface area (Å²) >= 11 is 0. The van der Waals surface area contributed by atoms with Gasteiger partial charge < -0.3 is 15.7 Å². The Morgan fingerprint density at radius 3 is 2.25 bits per heavy atom. The molecular weight excluding hydrogens is 256 g/mol. The number of carboxylic acids is 1. The van der Waals surface area contributed by atoms with Gasteiger partial charge in [0.25, 0.3) is 0 Å². The van der Waals surface area contributed by atoms with Gasteiger partial charge in [0.1, 0.15) is 0 Å². The Morgan fingerprint density at radius 1 is 1.10 bits per heavy atom. The number of carboxylic acid groups (broad SMARTS) is 1. The van der Waals surface area contributed by atoms with Crippen LogP contribution in [-0.4, -0.2) is 36.6 Å². The summed E-state index contributed by atoms with van der Waals surface area (Å²) in [4.78, 5) is 24.0. The number of hydrogen-bond donors (Lipinski definition) is 3. The molecule has 0 aromatic heterocycles. The van der Waals surface area contributed by atoms with Gasteiger partial charge in [-0.05, 0) is 38.8 Å². The highest BCUT2D eigenvalue weighted by atomic mass is 16.4. The van der Waals surface area contributed by atoms with Crippen LogP contribution in [0.2, 0.25) is 0 Å². The van der Waals surface area contributed by atoms with Gasteiger partial charge in [-0.2, -0.15) is 0 Å². The first kappa shape index (κ1) is 15.3. The fourth-order valence-corrected chi connectivity index (χ4v) is 3.36. The minimum absolute atomic E-state index is 0.0187. The van der Waals surface area contributed by atoms with Crippen LogP contribution in [0, 0.1) is 10.8 Å². The predicted molar refractivity (Wildman–Crippen MR) is 76.4 cm³/mol. The summed E-state index contributed by atoms with van der Waals surface area (Å²) in [5.41, 5.74) is -1.09. The van der Waals surface area contributed by atoms with Crippen molar-refractivity contribution in [2.45, 2.75) is 51.9 Å². The van der Waals surface area contributed by atoms with Gasteiger partial charge in [0, 0.05) is 12.0 Å². The van der Waals surface area contributed by atoms with Crippen molar-refractivity contribution >= 4 is 11.9 Å². The molecular formula is C15H26N2O3. The third-order valence-corrected chi connectivity index (χ3v) is 5.11. The van der Waals surface area contributed by atoms with Crippen LogP contribution in [0.3, 0.4) is 0 Å². The summed E-state index contributed by atoms with van der Waals surface area (Å²) in [7, 11) is 0. The lowest BCUT2D eigenvalue weighted by Crippen LogP contribution is -2.50. The van der Waals surface area contributed by atoms with Crippen LogP contribution in [0.5, 0.6) is 0 Å². The molecule has 20 heavy (non-hydrogen) atoms. The number of rotatable bonds is 4. The zero-order valence-electron chi connectivity index (χ0n) is 12.3. The molecule has 1 saturated carbocycles. The molecule has 0 atom stereocenters. The van der Waals surface area contributed by atoms with Gasteiger partial charge in [0.15, 0.2) is 0 Å². The topological polar surface area (TPSA) is 78.4 Å². The van der Waals surface area contributed by atoms with E-state index >= 15 is 0 Å². The van der Waals surface area contributed by atoms with E-state index < -0.39 is 11.4 Å². The summed E-state index contributed by atoms with van der Waals surface area (Å²) in [5.74, 6) is -0.738. The number of carbonyl (C=O) groups is 2. The fourth-order valence-electron chi connectivity index (χ4n) is 3.36. The Labute approximate surface area is 120 Å². The summed E-state index contributed by atoms with van der Waals surface area (Å²) < 4.78 is 0. The fraction of sp³-hybridized carbons (Fsp3) is 0.867. The van der Waals surface area contributed by atoms with Crippen LogP contribution in [0.1, 0.15) is 51.9 Å². The third-order valence-electron chi connectivity index (χ3n) is 5.11. The lowest BCUT2D eigenvalue weighted by molar-refractivity contribution is -0.151. The van der Waals surface area contributed by atoms with Gasteiger partial charge >= 0.3 is 5.97 Å². The second kappa shape index (κ2) is 6.12. The van der Waals surface area contributed by atoms with E-state index in [1.807, 2.05) is 6.92 Å². The highest BCUT2D eigenvalue weighted by Gasteiger charge is 2.41. The van der Waals surface area contributed by atoms with Crippen molar-refractivity contribution in [1.29, 1.82) is 0 Å². The minimum atomic E-state index is -0.757. The lowest BCUT2D eigenvalue weighted by atomic mass is 9.73. The molecule has 0 aromatic carbocycles. The molecule has 2 aliphatic rings. The summed E-state index contributed by atoms with van der Waals surface area (Å²) in [5, 5.41) is 15.7. The van der Waals surface area contributed by atoms with Crippen LogP contribution in [0.15, 0.2) is 0 Å². The first-order valence-electron chi connectivity index (χ1n) is 7.71. The Hall–Kier alpha value is -1.10. The molecule has 5 heteroatoms. The largest absolute Gasteiger partial charge is 0.481 e. The lowest BCUT2D eigenvalue weighted by Gasteiger charge is -2.36. The van der Waals surface area contributed by atoms with Crippen LogP contribution < -0.4 is 10.6 Å². The number of hydrogen-bond acceptors (Lipinski definition) is 3. The SMILES string of the molecule is CC1(C(=O)NCC2(C(=O)O)CCCCC2)CCNCC1. The molecule has 0 bridgehead atoms. The predicted octanol–water partition coefficient (Wildman–Crippen LogP) is 1.53. The second-order valence-electron chi connectivity index (χ2n) is 6.64. The van der Waals surface area contributed by atoms with Gasteiger partial charge in [-0.25, -0.2) is 0 Å². The first-order chi connectivity index (χ1) is 9.49. The molecule has 5 nitrogen and oxygen atoms in total. The first-order valence-corrected chi connectivity index (χ1v) is 7.71. The van der Waals surface area contributed by atoms with E-state index in [4.69, 9.17) is 0 Å². The highest BCUT2D eigenvalue weighted by molar-refractivity contribution is 5.83. The Balaban J connectivity index is 1.95. The van der Waals surface area contributed by atoms with Gasteiger partial charge in [0.2, 0.25) is 5.91 Å². The van der Waals surface area contributed by atoms with E-state index in [2.05, 4.69) is 10.6 Å². The van der Waals surface area contributed by atoms with Crippen molar-refractivity contribution < 1.29 is 14.7 Å². The smallest absolute Gasteiger partial charge is 0.311 e. The molecule has 2 fully saturated rings. The zero-order chi connectivity index (χ0) is 14.6. The molecule has 3 N–H and O–H groups in total. The normalized spacial score (nSPS) is 24.9. The van der Waals surface area contributed by atoms with Gasteiger partial charge in [-0.3, -0.25) is 9.59 Å². The molecule has 0 unspecified atom stereocenters. The molecule has 0 radical (unpaired) electrons.